The van der Waals surface area contributed by atoms with Gasteiger partial charge in [0.1, 0.15) is 5.54 Å². The molecule has 3 N–H and O–H groups in total. The van der Waals surface area contributed by atoms with E-state index < -0.39 is 17.5 Å². The van der Waals surface area contributed by atoms with Gasteiger partial charge in [0, 0.05) is 17.3 Å². The van der Waals surface area contributed by atoms with Crippen LogP contribution >= 0.6 is 0 Å². The van der Waals surface area contributed by atoms with Crippen molar-refractivity contribution < 1.29 is 19.2 Å². The highest BCUT2D eigenvalue weighted by Crippen LogP contribution is 2.35. The van der Waals surface area contributed by atoms with E-state index in [0.717, 1.165) is 23.4 Å². The number of hydrazine groups is 1. The summed E-state index contributed by atoms with van der Waals surface area (Å²) in [7, 11) is 1.79. The van der Waals surface area contributed by atoms with Crippen molar-refractivity contribution in [1.29, 1.82) is 0 Å². The lowest BCUT2D eigenvalue weighted by atomic mass is 9.77. The zero-order valence-electron chi connectivity index (χ0n) is 20.9. The highest BCUT2D eigenvalue weighted by Gasteiger charge is 2.52. The standard InChI is InChI=1S/C27H33N5O4/c1-18-12-14-27(15-13-18)25(35)32(26(36)29-27)30-23(33)17-31(3)19(2)21-10-7-11-22(16-21)28-24(34)20-8-5-4-6-9-20/h4-11,16,18-19H,12-15,17H2,1-3H3,(H,28,34)(H,29,36)(H,30,33). The van der Waals surface area contributed by atoms with Crippen LogP contribution in [0, 0.1) is 5.92 Å². The lowest BCUT2D eigenvalue weighted by Crippen LogP contribution is -2.52. The third-order valence-electron chi connectivity index (χ3n) is 7.24. The normalized spacial score (nSPS) is 22.4. The molecule has 2 aromatic carbocycles. The number of likely N-dealkylation sites (N-methyl/N-ethyl adjacent to an activating group) is 1. The molecule has 36 heavy (non-hydrogen) atoms. The summed E-state index contributed by atoms with van der Waals surface area (Å²) in [6.45, 7) is 4.05. The number of nitrogens with one attached hydrogen (secondary N) is 3. The fourth-order valence-corrected chi connectivity index (χ4v) is 4.76. The van der Waals surface area contributed by atoms with Crippen molar-refractivity contribution in [2.75, 3.05) is 18.9 Å². The molecule has 1 aliphatic carbocycles. The largest absolute Gasteiger partial charge is 0.344 e. The van der Waals surface area contributed by atoms with E-state index >= 15 is 0 Å². The Morgan fingerprint density at radius 2 is 1.81 bits per heavy atom. The average Bonchev–Trinajstić information content (AvgIpc) is 3.10. The molecule has 2 aromatic rings. The molecule has 1 aliphatic heterocycles. The Hall–Kier alpha value is -3.72. The molecule has 1 heterocycles. The summed E-state index contributed by atoms with van der Waals surface area (Å²) in [6, 6.07) is 15.6. The summed E-state index contributed by atoms with van der Waals surface area (Å²) < 4.78 is 0. The number of nitrogens with zero attached hydrogens (tertiary/aromatic N) is 2. The van der Waals surface area contributed by atoms with Crippen molar-refractivity contribution in [2.45, 2.75) is 51.1 Å². The fourth-order valence-electron chi connectivity index (χ4n) is 4.76. The highest BCUT2D eigenvalue weighted by atomic mass is 16.2. The quantitative estimate of drug-likeness (QED) is 0.514. The van der Waals surface area contributed by atoms with Crippen LogP contribution in [-0.4, -0.2) is 52.8 Å². The van der Waals surface area contributed by atoms with Crippen molar-refractivity contribution in [3.63, 3.8) is 0 Å². The number of urea groups is 1. The van der Waals surface area contributed by atoms with E-state index in [-0.39, 0.29) is 24.4 Å². The van der Waals surface area contributed by atoms with Gasteiger partial charge in [-0.25, -0.2) is 4.79 Å². The van der Waals surface area contributed by atoms with E-state index in [0.29, 0.717) is 30.0 Å². The summed E-state index contributed by atoms with van der Waals surface area (Å²) in [5.41, 5.74) is 3.71. The van der Waals surface area contributed by atoms with Gasteiger partial charge < -0.3 is 10.6 Å². The third kappa shape index (κ3) is 5.41. The van der Waals surface area contributed by atoms with Gasteiger partial charge in [0.2, 0.25) is 0 Å². The monoisotopic (exact) mass is 491 g/mol. The van der Waals surface area contributed by atoms with E-state index in [2.05, 4.69) is 23.0 Å². The Morgan fingerprint density at radius 3 is 2.50 bits per heavy atom. The van der Waals surface area contributed by atoms with Crippen LogP contribution < -0.4 is 16.1 Å². The number of carbonyl (C=O) groups is 4. The van der Waals surface area contributed by atoms with Crippen LogP contribution in [0.25, 0.3) is 0 Å². The van der Waals surface area contributed by atoms with Gasteiger partial charge in [-0.15, -0.1) is 0 Å². The lowest BCUT2D eigenvalue weighted by Gasteiger charge is -2.33. The van der Waals surface area contributed by atoms with Crippen LogP contribution in [0.15, 0.2) is 54.6 Å². The molecule has 2 aliphatic rings. The van der Waals surface area contributed by atoms with Crippen molar-refractivity contribution >= 4 is 29.4 Å². The van der Waals surface area contributed by atoms with E-state index in [4.69, 9.17) is 0 Å². The molecular weight excluding hydrogens is 458 g/mol. The molecule has 190 valence electrons. The second-order valence-electron chi connectivity index (χ2n) is 9.91. The van der Waals surface area contributed by atoms with Gasteiger partial charge in [0.05, 0.1) is 6.54 Å². The van der Waals surface area contributed by atoms with Crippen LogP contribution in [-0.2, 0) is 9.59 Å². The number of imide groups is 1. The number of amides is 5. The van der Waals surface area contributed by atoms with Gasteiger partial charge in [0.25, 0.3) is 17.7 Å². The Bertz CT molecular complexity index is 1140. The number of benzene rings is 2. The van der Waals surface area contributed by atoms with E-state index in [1.54, 1.807) is 19.2 Å². The summed E-state index contributed by atoms with van der Waals surface area (Å²) in [5, 5.41) is 6.53. The SMILES string of the molecule is CC1CCC2(CC1)NC(=O)N(NC(=O)CN(C)C(C)c1cccc(NC(=O)c3ccccc3)c1)C2=O. The molecule has 1 atom stereocenters. The zero-order valence-corrected chi connectivity index (χ0v) is 20.9. The maximum atomic E-state index is 13.0. The molecular formula is C27H33N5O4. The summed E-state index contributed by atoms with van der Waals surface area (Å²) in [4.78, 5) is 52.5. The summed E-state index contributed by atoms with van der Waals surface area (Å²) in [6.07, 6.45) is 2.89. The topological polar surface area (TPSA) is 111 Å². The van der Waals surface area contributed by atoms with Gasteiger partial charge in [-0.05, 0) is 75.4 Å². The molecule has 0 aromatic heterocycles. The third-order valence-corrected chi connectivity index (χ3v) is 7.24. The number of hydrogen-bond donors (Lipinski definition) is 3. The van der Waals surface area contributed by atoms with Crippen molar-refractivity contribution in [2.24, 2.45) is 5.92 Å². The number of hydrogen-bond acceptors (Lipinski definition) is 5. The van der Waals surface area contributed by atoms with Crippen LogP contribution in [0.2, 0.25) is 0 Å². The van der Waals surface area contributed by atoms with E-state index in [1.165, 1.54) is 0 Å². The summed E-state index contributed by atoms with van der Waals surface area (Å²) >= 11 is 0. The first kappa shape index (κ1) is 25.4. The molecule has 0 bridgehead atoms. The minimum absolute atomic E-state index is 0.0249. The Labute approximate surface area is 211 Å². The number of carbonyl (C=O) groups excluding carboxylic acids is 4. The van der Waals surface area contributed by atoms with Crippen molar-refractivity contribution in [3.8, 4) is 0 Å². The molecule has 4 rings (SSSR count). The molecule has 1 spiro atoms. The van der Waals surface area contributed by atoms with Gasteiger partial charge in [-0.1, -0.05) is 37.3 Å². The first-order valence-corrected chi connectivity index (χ1v) is 12.3. The Morgan fingerprint density at radius 1 is 1.11 bits per heavy atom. The molecule has 1 saturated carbocycles. The van der Waals surface area contributed by atoms with Crippen molar-refractivity contribution in [1.82, 2.24) is 20.7 Å². The van der Waals surface area contributed by atoms with Gasteiger partial charge in [-0.2, -0.15) is 5.01 Å². The van der Waals surface area contributed by atoms with Crippen LogP contribution in [0.3, 0.4) is 0 Å². The predicted molar refractivity (Wildman–Crippen MR) is 136 cm³/mol. The highest BCUT2D eigenvalue weighted by molar-refractivity contribution is 6.08. The smallest absolute Gasteiger partial charge is 0.322 e. The maximum Gasteiger partial charge on any atom is 0.344 e. The first-order valence-electron chi connectivity index (χ1n) is 12.3. The van der Waals surface area contributed by atoms with Crippen LogP contribution in [0.4, 0.5) is 10.5 Å². The molecule has 1 saturated heterocycles. The van der Waals surface area contributed by atoms with Crippen LogP contribution in [0.1, 0.15) is 61.5 Å². The molecule has 2 fully saturated rings. The van der Waals surface area contributed by atoms with Gasteiger partial charge in [-0.3, -0.25) is 24.7 Å². The van der Waals surface area contributed by atoms with E-state index in [9.17, 15) is 19.2 Å². The Kier molecular flexibility index (Phi) is 7.40. The Balaban J connectivity index is 1.34. The average molecular weight is 492 g/mol. The molecule has 9 nitrogen and oxygen atoms in total. The van der Waals surface area contributed by atoms with Gasteiger partial charge in [0.15, 0.2) is 0 Å². The zero-order chi connectivity index (χ0) is 25.9. The fraction of sp³-hybridized carbons (Fsp3) is 0.407. The van der Waals surface area contributed by atoms with E-state index in [1.807, 2.05) is 54.3 Å². The summed E-state index contributed by atoms with van der Waals surface area (Å²) in [5.74, 6) is -0.524. The maximum absolute atomic E-state index is 13.0. The molecule has 5 amide bonds. The predicted octanol–water partition coefficient (Wildman–Crippen LogP) is 3.46. The van der Waals surface area contributed by atoms with Crippen LogP contribution in [0.5, 0.6) is 0 Å². The minimum Gasteiger partial charge on any atom is -0.322 e. The second kappa shape index (κ2) is 10.5. The molecule has 0 radical (unpaired) electrons. The second-order valence-corrected chi connectivity index (χ2v) is 9.91. The molecule has 9 heteroatoms. The molecule has 1 unspecified atom stereocenters. The minimum atomic E-state index is -0.902. The first-order chi connectivity index (χ1) is 17.2. The number of anilines is 1. The lowest BCUT2D eigenvalue weighted by molar-refractivity contribution is -0.140. The van der Waals surface area contributed by atoms with Crippen molar-refractivity contribution in [3.05, 3.63) is 65.7 Å². The number of rotatable bonds is 7. The van der Waals surface area contributed by atoms with Gasteiger partial charge >= 0.3 is 6.03 Å².